The Morgan fingerprint density at radius 3 is 2.45 bits per heavy atom. The van der Waals surface area contributed by atoms with Gasteiger partial charge in [0, 0.05) is 10.0 Å². The number of hydrogen-bond acceptors (Lipinski definition) is 2. The zero-order chi connectivity index (χ0) is 14.7. The monoisotopic (exact) mass is 313 g/mol. The van der Waals surface area contributed by atoms with E-state index >= 15 is 0 Å². The first kappa shape index (κ1) is 15.1. The molecule has 0 saturated carbocycles. The molecule has 2 aromatic rings. The van der Waals surface area contributed by atoms with Crippen LogP contribution in [0.25, 0.3) is 0 Å². The highest BCUT2D eigenvalue weighted by Crippen LogP contribution is 2.31. The molecule has 1 atom stereocenters. The van der Waals surface area contributed by atoms with Crippen LogP contribution in [0.1, 0.15) is 17.2 Å². The Hall–Kier alpha value is -1.29. The van der Waals surface area contributed by atoms with Gasteiger partial charge in [-0.05, 0) is 42.4 Å². The zero-order valence-corrected chi connectivity index (χ0v) is 12.6. The molecule has 0 amide bonds. The van der Waals surface area contributed by atoms with Crippen molar-refractivity contribution in [3.8, 4) is 5.75 Å². The molecule has 0 bridgehead atoms. The normalized spacial score (nSPS) is 12.2. The van der Waals surface area contributed by atoms with Gasteiger partial charge in [-0.25, -0.2) is 4.39 Å². The van der Waals surface area contributed by atoms with Crippen LogP contribution in [0.2, 0.25) is 10.0 Å². The lowest BCUT2D eigenvalue weighted by Crippen LogP contribution is -2.18. The molecule has 0 aromatic heterocycles. The summed E-state index contributed by atoms with van der Waals surface area (Å²) in [6.45, 7) is 0. The number of nitrogens with one attached hydrogen (secondary N) is 1. The van der Waals surface area contributed by atoms with E-state index in [1.807, 2.05) is 6.07 Å². The highest BCUT2D eigenvalue weighted by atomic mass is 35.5. The summed E-state index contributed by atoms with van der Waals surface area (Å²) in [6, 6.07) is 9.86. The number of halogens is 3. The second kappa shape index (κ2) is 6.44. The summed E-state index contributed by atoms with van der Waals surface area (Å²) in [5, 5.41) is 4.22. The van der Waals surface area contributed by atoms with E-state index in [9.17, 15) is 4.39 Å². The molecule has 0 fully saturated rings. The van der Waals surface area contributed by atoms with E-state index < -0.39 is 5.82 Å². The van der Waals surface area contributed by atoms with Crippen LogP contribution in [-0.4, -0.2) is 14.2 Å². The number of hydrogen-bond donors (Lipinski definition) is 1. The third kappa shape index (κ3) is 3.06. The van der Waals surface area contributed by atoms with Gasteiger partial charge in [-0.2, -0.15) is 0 Å². The largest absolute Gasteiger partial charge is 0.494 e. The fourth-order valence-corrected chi connectivity index (χ4v) is 2.62. The average Bonchev–Trinajstić information content (AvgIpc) is 2.42. The topological polar surface area (TPSA) is 21.3 Å². The molecule has 1 unspecified atom stereocenters. The van der Waals surface area contributed by atoms with Crippen LogP contribution in [0.3, 0.4) is 0 Å². The molecule has 1 N–H and O–H groups in total. The molecule has 2 nitrogen and oxygen atoms in total. The van der Waals surface area contributed by atoms with Crippen LogP contribution in [0.15, 0.2) is 36.4 Å². The van der Waals surface area contributed by atoms with Crippen molar-refractivity contribution in [3.05, 3.63) is 63.4 Å². The minimum Gasteiger partial charge on any atom is -0.494 e. The predicted octanol–water partition coefficient (Wildman–Crippen LogP) is 4.45. The molecule has 0 saturated heterocycles. The first-order valence-electron chi connectivity index (χ1n) is 6.02. The molecule has 2 aromatic carbocycles. The minimum atomic E-state index is -0.407. The van der Waals surface area contributed by atoms with Crippen LogP contribution in [0.5, 0.6) is 5.75 Å². The summed E-state index contributed by atoms with van der Waals surface area (Å²) >= 11 is 12.1. The fraction of sp³-hybridized carbons (Fsp3) is 0.200. The Balaban J connectivity index is 2.44. The molecule has 0 radical (unpaired) electrons. The van der Waals surface area contributed by atoms with Crippen LogP contribution in [0, 0.1) is 5.82 Å². The Morgan fingerprint density at radius 2 is 1.90 bits per heavy atom. The Bertz CT molecular complexity index is 619. The van der Waals surface area contributed by atoms with Crippen molar-refractivity contribution in [1.29, 1.82) is 0 Å². The lowest BCUT2D eigenvalue weighted by Gasteiger charge is -2.19. The van der Waals surface area contributed by atoms with Crippen molar-refractivity contribution in [3.63, 3.8) is 0 Å². The van der Waals surface area contributed by atoms with E-state index in [1.54, 1.807) is 31.3 Å². The van der Waals surface area contributed by atoms with Crippen molar-refractivity contribution >= 4 is 23.2 Å². The van der Waals surface area contributed by atoms with Crippen molar-refractivity contribution in [2.75, 3.05) is 14.2 Å². The Labute approximate surface area is 127 Å². The quantitative estimate of drug-likeness (QED) is 0.900. The molecular weight excluding hydrogens is 300 g/mol. The number of benzene rings is 2. The van der Waals surface area contributed by atoms with E-state index in [0.29, 0.717) is 10.0 Å². The van der Waals surface area contributed by atoms with Gasteiger partial charge >= 0.3 is 0 Å². The number of rotatable bonds is 4. The second-order valence-corrected chi connectivity index (χ2v) is 5.13. The van der Waals surface area contributed by atoms with Crippen LogP contribution >= 0.6 is 23.2 Å². The van der Waals surface area contributed by atoms with Gasteiger partial charge in [-0.15, -0.1) is 0 Å². The molecule has 0 aliphatic carbocycles. The smallest absolute Gasteiger partial charge is 0.165 e. The Kier molecular flexibility index (Phi) is 4.86. The zero-order valence-electron chi connectivity index (χ0n) is 11.1. The number of methoxy groups -OCH3 is 1. The summed E-state index contributed by atoms with van der Waals surface area (Å²) in [4.78, 5) is 0. The van der Waals surface area contributed by atoms with Crippen molar-refractivity contribution in [2.24, 2.45) is 0 Å². The first-order valence-corrected chi connectivity index (χ1v) is 6.78. The highest BCUT2D eigenvalue weighted by Gasteiger charge is 2.17. The van der Waals surface area contributed by atoms with Gasteiger partial charge in [-0.3, -0.25) is 0 Å². The second-order valence-electron chi connectivity index (χ2n) is 4.28. The molecule has 0 aliphatic heterocycles. The van der Waals surface area contributed by atoms with Gasteiger partial charge < -0.3 is 10.1 Å². The van der Waals surface area contributed by atoms with Crippen LogP contribution < -0.4 is 10.1 Å². The lowest BCUT2D eigenvalue weighted by atomic mass is 9.98. The SMILES string of the molecule is CNC(c1ccc(OC)c(F)c1)c1ccc(Cl)cc1Cl. The van der Waals surface area contributed by atoms with Gasteiger partial charge in [0.05, 0.1) is 13.2 Å². The standard InChI is InChI=1S/C15H14Cl2FNO/c1-19-15(11-5-4-10(16)8-12(11)17)9-3-6-14(20-2)13(18)7-9/h3-8,15,19H,1-2H3. The van der Waals surface area contributed by atoms with Gasteiger partial charge in [0.25, 0.3) is 0 Å². The Morgan fingerprint density at radius 1 is 1.15 bits per heavy atom. The minimum absolute atomic E-state index is 0.214. The lowest BCUT2D eigenvalue weighted by molar-refractivity contribution is 0.386. The van der Waals surface area contributed by atoms with Crippen molar-refractivity contribution < 1.29 is 9.13 Å². The van der Waals surface area contributed by atoms with Crippen LogP contribution in [0.4, 0.5) is 4.39 Å². The van der Waals surface area contributed by atoms with E-state index in [0.717, 1.165) is 11.1 Å². The number of ether oxygens (including phenoxy) is 1. The summed E-state index contributed by atoms with van der Waals surface area (Å²) in [5.41, 5.74) is 1.60. The summed E-state index contributed by atoms with van der Waals surface area (Å²) < 4.78 is 18.7. The third-order valence-electron chi connectivity index (χ3n) is 3.07. The maximum absolute atomic E-state index is 13.8. The third-order valence-corrected chi connectivity index (χ3v) is 3.63. The molecule has 5 heteroatoms. The maximum Gasteiger partial charge on any atom is 0.165 e. The molecule has 0 heterocycles. The highest BCUT2D eigenvalue weighted by molar-refractivity contribution is 6.35. The first-order chi connectivity index (χ1) is 9.56. The summed E-state index contributed by atoms with van der Waals surface area (Å²) in [5.74, 6) is -0.193. The van der Waals surface area contributed by atoms with Gasteiger partial charge in [0.2, 0.25) is 0 Å². The van der Waals surface area contributed by atoms with Crippen molar-refractivity contribution in [1.82, 2.24) is 5.32 Å². The molecule has 20 heavy (non-hydrogen) atoms. The van der Waals surface area contributed by atoms with Gasteiger partial charge in [-0.1, -0.05) is 35.3 Å². The van der Waals surface area contributed by atoms with E-state index in [1.165, 1.54) is 13.2 Å². The van der Waals surface area contributed by atoms with Gasteiger partial charge in [0.15, 0.2) is 11.6 Å². The fourth-order valence-electron chi connectivity index (χ4n) is 2.10. The average molecular weight is 314 g/mol. The molecular formula is C15H14Cl2FNO. The molecule has 0 spiro atoms. The van der Waals surface area contributed by atoms with Crippen LogP contribution in [-0.2, 0) is 0 Å². The predicted molar refractivity (Wildman–Crippen MR) is 80.3 cm³/mol. The van der Waals surface area contributed by atoms with Gasteiger partial charge in [0.1, 0.15) is 0 Å². The molecule has 0 aliphatic rings. The van der Waals surface area contributed by atoms with E-state index in [4.69, 9.17) is 27.9 Å². The van der Waals surface area contributed by atoms with Crippen molar-refractivity contribution in [2.45, 2.75) is 6.04 Å². The summed E-state index contributed by atoms with van der Waals surface area (Å²) in [6.07, 6.45) is 0. The molecule has 106 valence electrons. The molecule has 2 rings (SSSR count). The maximum atomic E-state index is 13.8. The summed E-state index contributed by atoms with van der Waals surface area (Å²) in [7, 11) is 3.22. The van der Waals surface area contributed by atoms with E-state index in [-0.39, 0.29) is 11.8 Å². The van der Waals surface area contributed by atoms with E-state index in [2.05, 4.69) is 5.32 Å².